The first-order valence-corrected chi connectivity index (χ1v) is 7.93. The van der Waals surface area contributed by atoms with Gasteiger partial charge in [-0.1, -0.05) is 11.6 Å². The molecule has 110 valence electrons. The molecular formula is C16H30N2O. The fourth-order valence-electron chi connectivity index (χ4n) is 3.17. The number of nitrogens with zero attached hydrogens (tertiary/aromatic N) is 1. The van der Waals surface area contributed by atoms with Crippen LogP contribution >= 0.6 is 0 Å². The summed E-state index contributed by atoms with van der Waals surface area (Å²) < 4.78 is 0. The smallest absolute Gasteiger partial charge is 0.0541 e. The molecule has 0 spiro atoms. The molecule has 3 nitrogen and oxygen atoms in total. The number of aliphatic hydroxyl groups excluding tert-OH is 1. The molecule has 0 aromatic heterocycles. The van der Waals surface area contributed by atoms with E-state index in [2.05, 4.69) is 30.1 Å². The summed E-state index contributed by atoms with van der Waals surface area (Å²) in [4.78, 5) is 2.55. The van der Waals surface area contributed by atoms with Crippen molar-refractivity contribution in [1.29, 1.82) is 0 Å². The Morgan fingerprint density at radius 2 is 1.63 bits per heavy atom. The van der Waals surface area contributed by atoms with E-state index in [0.717, 1.165) is 32.2 Å². The van der Waals surface area contributed by atoms with Crippen molar-refractivity contribution in [2.75, 3.05) is 19.6 Å². The summed E-state index contributed by atoms with van der Waals surface area (Å²) in [5.41, 5.74) is 1.42. The Balaban J connectivity index is 1.64. The van der Waals surface area contributed by atoms with E-state index < -0.39 is 0 Å². The van der Waals surface area contributed by atoms with Gasteiger partial charge < -0.3 is 10.4 Å². The fourth-order valence-corrected chi connectivity index (χ4v) is 3.17. The maximum absolute atomic E-state index is 9.53. The van der Waals surface area contributed by atoms with Gasteiger partial charge in [-0.25, -0.2) is 0 Å². The van der Waals surface area contributed by atoms with Crippen LogP contribution in [0.25, 0.3) is 0 Å². The van der Waals surface area contributed by atoms with Gasteiger partial charge >= 0.3 is 0 Å². The standard InChI is InChI=1S/C16H30N2O/c1-13(2)7-10-18-11-8-15(9-12-18)17-14-3-5-16(19)6-4-14/h7,14-17,19H,3-6,8-12H2,1-2H3. The van der Waals surface area contributed by atoms with E-state index in [1.165, 1.54) is 31.5 Å². The Kier molecular flexibility index (Phi) is 5.86. The lowest BCUT2D eigenvalue weighted by molar-refractivity contribution is 0.109. The van der Waals surface area contributed by atoms with Crippen molar-refractivity contribution < 1.29 is 5.11 Å². The third-order valence-electron chi connectivity index (χ3n) is 4.51. The molecule has 1 saturated heterocycles. The molecule has 1 heterocycles. The van der Waals surface area contributed by atoms with Crippen molar-refractivity contribution in [3.8, 4) is 0 Å². The van der Waals surface area contributed by atoms with Crippen molar-refractivity contribution >= 4 is 0 Å². The van der Waals surface area contributed by atoms with Crippen LogP contribution in [-0.4, -0.2) is 47.8 Å². The third kappa shape index (κ3) is 5.25. The van der Waals surface area contributed by atoms with E-state index in [4.69, 9.17) is 0 Å². The Morgan fingerprint density at radius 3 is 2.21 bits per heavy atom. The summed E-state index contributed by atoms with van der Waals surface area (Å²) in [7, 11) is 0. The SMILES string of the molecule is CC(C)=CCN1CCC(NC2CCC(O)CC2)CC1. The van der Waals surface area contributed by atoms with Crippen molar-refractivity contribution in [3.05, 3.63) is 11.6 Å². The fraction of sp³-hybridized carbons (Fsp3) is 0.875. The second-order valence-electron chi connectivity index (χ2n) is 6.53. The largest absolute Gasteiger partial charge is 0.393 e. The summed E-state index contributed by atoms with van der Waals surface area (Å²) in [6.45, 7) is 7.90. The molecule has 2 aliphatic rings. The van der Waals surface area contributed by atoms with E-state index in [9.17, 15) is 5.11 Å². The molecule has 0 aromatic rings. The van der Waals surface area contributed by atoms with Crippen LogP contribution < -0.4 is 5.32 Å². The van der Waals surface area contributed by atoms with Crippen LogP contribution in [0.4, 0.5) is 0 Å². The van der Waals surface area contributed by atoms with Gasteiger partial charge in [0.2, 0.25) is 0 Å². The monoisotopic (exact) mass is 266 g/mol. The second-order valence-corrected chi connectivity index (χ2v) is 6.53. The highest BCUT2D eigenvalue weighted by Crippen LogP contribution is 2.20. The van der Waals surface area contributed by atoms with Crippen LogP contribution in [-0.2, 0) is 0 Å². The van der Waals surface area contributed by atoms with E-state index in [0.29, 0.717) is 12.1 Å². The van der Waals surface area contributed by atoms with Gasteiger partial charge in [-0.05, 0) is 65.5 Å². The average molecular weight is 266 g/mol. The van der Waals surface area contributed by atoms with E-state index in [-0.39, 0.29) is 6.10 Å². The van der Waals surface area contributed by atoms with Gasteiger partial charge in [-0.2, -0.15) is 0 Å². The van der Waals surface area contributed by atoms with E-state index in [1.54, 1.807) is 0 Å². The summed E-state index contributed by atoms with van der Waals surface area (Å²) in [5, 5.41) is 13.3. The number of nitrogens with one attached hydrogen (secondary N) is 1. The normalized spacial score (nSPS) is 30.3. The summed E-state index contributed by atoms with van der Waals surface area (Å²) >= 11 is 0. The molecule has 2 rings (SSSR count). The molecule has 2 fully saturated rings. The molecule has 1 aliphatic heterocycles. The number of piperidine rings is 1. The molecule has 1 aliphatic carbocycles. The molecule has 3 heteroatoms. The lowest BCUT2D eigenvalue weighted by atomic mass is 9.91. The first-order chi connectivity index (χ1) is 9.13. The molecular weight excluding hydrogens is 236 g/mol. The zero-order valence-corrected chi connectivity index (χ0v) is 12.6. The average Bonchev–Trinajstić information content (AvgIpc) is 2.40. The van der Waals surface area contributed by atoms with Gasteiger partial charge in [0.25, 0.3) is 0 Å². The van der Waals surface area contributed by atoms with Crippen LogP contribution in [0, 0.1) is 0 Å². The van der Waals surface area contributed by atoms with Gasteiger partial charge in [-0.3, -0.25) is 4.90 Å². The minimum absolute atomic E-state index is 0.0380. The Labute approximate surface area is 118 Å². The van der Waals surface area contributed by atoms with Crippen LogP contribution in [0.1, 0.15) is 52.4 Å². The molecule has 0 atom stereocenters. The topological polar surface area (TPSA) is 35.5 Å². The van der Waals surface area contributed by atoms with Crippen LogP contribution in [0.15, 0.2) is 11.6 Å². The van der Waals surface area contributed by atoms with Gasteiger partial charge in [0.15, 0.2) is 0 Å². The highest BCUT2D eigenvalue weighted by Gasteiger charge is 2.24. The highest BCUT2D eigenvalue weighted by atomic mass is 16.3. The van der Waals surface area contributed by atoms with Crippen molar-refractivity contribution in [3.63, 3.8) is 0 Å². The number of hydrogen-bond acceptors (Lipinski definition) is 3. The molecule has 0 unspecified atom stereocenters. The summed E-state index contributed by atoms with van der Waals surface area (Å²) in [5.74, 6) is 0. The first-order valence-electron chi connectivity index (χ1n) is 7.93. The zero-order valence-electron chi connectivity index (χ0n) is 12.6. The second kappa shape index (κ2) is 7.41. The third-order valence-corrected chi connectivity index (χ3v) is 4.51. The maximum atomic E-state index is 9.53. The van der Waals surface area contributed by atoms with Crippen molar-refractivity contribution in [2.45, 2.75) is 70.6 Å². The van der Waals surface area contributed by atoms with Crippen LogP contribution in [0.3, 0.4) is 0 Å². The lowest BCUT2D eigenvalue weighted by Crippen LogP contribution is -2.47. The molecule has 19 heavy (non-hydrogen) atoms. The minimum Gasteiger partial charge on any atom is -0.393 e. The van der Waals surface area contributed by atoms with Gasteiger partial charge in [0, 0.05) is 18.6 Å². The van der Waals surface area contributed by atoms with Gasteiger partial charge in [0.05, 0.1) is 6.10 Å². The molecule has 2 N–H and O–H groups in total. The highest BCUT2D eigenvalue weighted by molar-refractivity contribution is 4.96. The van der Waals surface area contributed by atoms with Crippen LogP contribution in [0.5, 0.6) is 0 Å². The number of hydrogen-bond donors (Lipinski definition) is 2. The predicted molar refractivity (Wildman–Crippen MR) is 80.3 cm³/mol. The van der Waals surface area contributed by atoms with Gasteiger partial charge in [0.1, 0.15) is 0 Å². The lowest BCUT2D eigenvalue weighted by Gasteiger charge is -2.36. The molecule has 0 radical (unpaired) electrons. The number of likely N-dealkylation sites (tertiary alicyclic amines) is 1. The Bertz CT molecular complexity index is 283. The number of rotatable bonds is 4. The Hall–Kier alpha value is -0.380. The van der Waals surface area contributed by atoms with E-state index in [1.807, 2.05) is 0 Å². The van der Waals surface area contributed by atoms with Gasteiger partial charge in [-0.15, -0.1) is 0 Å². The maximum Gasteiger partial charge on any atom is 0.0541 e. The molecule has 0 bridgehead atoms. The number of aliphatic hydroxyl groups is 1. The summed E-state index contributed by atoms with van der Waals surface area (Å²) in [6.07, 6.45) is 9.11. The van der Waals surface area contributed by atoms with E-state index >= 15 is 0 Å². The quantitative estimate of drug-likeness (QED) is 0.767. The zero-order chi connectivity index (χ0) is 13.7. The minimum atomic E-state index is -0.0380. The summed E-state index contributed by atoms with van der Waals surface area (Å²) in [6, 6.07) is 1.35. The first kappa shape index (κ1) is 15.0. The number of allylic oxidation sites excluding steroid dienone is 1. The van der Waals surface area contributed by atoms with Crippen LogP contribution in [0.2, 0.25) is 0 Å². The molecule has 1 saturated carbocycles. The van der Waals surface area contributed by atoms with Crippen molar-refractivity contribution in [2.24, 2.45) is 0 Å². The molecule has 0 aromatic carbocycles. The van der Waals surface area contributed by atoms with Crippen molar-refractivity contribution in [1.82, 2.24) is 10.2 Å². The Morgan fingerprint density at radius 1 is 1.05 bits per heavy atom. The molecule has 0 amide bonds. The predicted octanol–water partition coefficient (Wildman–Crippen LogP) is 2.31.